The number of nitrogens with two attached hydrogens (primary N) is 1. The summed E-state index contributed by atoms with van der Waals surface area (Å²) in [5.41, 5.74) is 7.45. The fourth-order valence-corrected chi connectivity index (χ4v) is 2.23. The van der Waals surface area contributed by atoms with Crippen LogP contribution < -0.4 is 11.1 Å². The number of carbonyl (C=O) groups is 1. The summed E-state index contributed by atoms with van der Waals surface area (Å²) in [7, 11) is 0. The van der Waals surface area contributed by atoms with Crippen LogP contribution in [0.1, 0.15) is 22.1 Å². The maximum atomic E-state index is 12.2. The van der Waals surface area contributed by atoms with Crippen LogP contribution in [0.4, 0.5) is 5.82 Å². The number of aromatic nitrogens is 3. The van der Waals surface area contributed by atoms with Gasteiger partial charge in [0.2, 0.25) is 0 Å². The fourth-order valence-electron chi connectivity index (χ4n) is 2.23. The van der Waals surface area contributed by atoms with Crippen molar-refractivity contribution < 1.29 is 4.79 Å². The molecule has 3 N–H and O–H groups in total. The largest absolute Gasteiger partial charge is 0.382 e. The Hall–Kier alpha value is -3.66. The molecular formula is C17H14N6O. The van der Waals surface area contributed by atoms with E-state index in [4.69, 9.17) is 5.73 Å². The molecule has 118 valence electrons. The summed E-state index contributed by atoms with van der Waals surface area (Å²) in [4.78, 5) is 12.2. The van der Waals surface area contributed by atoms with Gasteiger partial charge in [-0.05, 0) is 24.3 Å². The second-order valence-corrected chi connectivity index (χ2v) is 5.01. The highest BCUT2D eigenvalue weighted by Crippen LogP contribution is 2.20. The number of anilines is 1. The van der Waals surface area contributed by atoms with Crippen molar-refractivity contribution in [2.24, 2.45) is 0 Å². The van der Waals surface area contributed by atoms with Gasteiger partial charge in [-0.3, -0.25) is 4.79 Å². The summed E-state index contributed by atoms with van der Waals surface area (Å²) >= 11 is 0. The first-order chi connectivity index (χ1) is 11.7. The van der Waals surface area contributed by atoms with Gasteiger partial charge < -0.3 is 11.1 Å². The first-order valence-electron chi connectivity index (χ1n) is 7.22. The molecule has 1 heterocycles. The van der Waals surface area contributed by atoms with Crippen LogP contribution in [0.3, 0.4) is 0 Å². The molecule has 1 aromatic heterocycles. The number of nitrogens with zero attached hydrogens (tertiary/aromatic N) is 4. The van der Waals surface area contributed by atoms with Gasteiger partial charge in [0.05, 0.1) is 11.8 Å². The van der Waals surface area contributed by atoms with E-state index in [0.29, 0.717) is 5.56 Å². The van der Waals surface area contributed by atoms with Gasteiger partial charge in [0.1, 0.15) is 5.69 Å². The Morgan fingerprint density at radius 1 is 1.12 bits per heavy atom. The lowest BCUT2D eigenvalue weighted by Crippen LogP contribution is -2.28. The Bertz CT molecular complexity index is 882. The third-order valence-corrected chi connectivity index (χ3v) is 3.45. The van der Waals surface area contributed by atoms with Gasteiger partial charge in [0.25, 0.3) is 5.91 Å². The minimum absolute atomic E-state index is 0.209. The van der Waals surface area contributed by atoms with Gasteiger partial charge in [0.15, 0.2) is 11.9 Å². The number of hydrogen-bond acceptors (Lipinski definition) is 5. The molecule has 0 saturated heterocycles. The van der Waals surface area contributed by atoms with Crippen molar-refractivity contribution >= 4 is 11.7 Å². The molecule has 2 aromatic carbocycles. The van der Waals surface area contributed by atoms with Crippen LogP contribution >= 0.6 is 0 Å². The van der Waals surface area contributed by atoms with Crippen molar-refractivity contribution in [3.05, 3.63) is 71.9 Å². The SMILES string of the molecule is N#CC(NC(=O)c1ccccc1)c1nnn(-c2ccccc2)c1N. The minimum Gasteiger partial charge on any atom is -0.382 e. The maximum Gasteiger partial charge on any atom is 0.252 e. The highest BCUT2D eigenvalue weighted by Gasteiger charge is 2.23. The molecule has 7 heteroatoms. The van der Waals surface area contributed by atoms with Crippen LogP contribution in [0.25, 0.3) is 5.69 Å². The van der Waals surface area contributed by atoms with Crippen LogP contribution in [0.5, 0.6) is 0 Å². The lowest BCUT2D eigenvalue weighted by molar-refractivity contribution is 0.0944. The lowest BCUT2D eigenvalue weighted by atomic mass is 10.1. The Kier molecular flexibility index (Phi) is 4.21. The van der Waals surface area contributed by atoms with Crippen molar-refractivity contribution in [3.8, 4) is 11.8 Å². The van der Waals surface area contributed by atoms with Crippen molar-refractivity contribution in [2.45, 2.75) is 6.04 Å². The van der Waals surface area contributed by atoms with Crippen LogP contribution in [0, 0.1) is 11.3 Å². The minimum atomic E-state index is -0.991. The van der Waals surface area contributed by atoms with E-state index in [1.165, 1.54) is 4.68 Å². The topological polar surface area (TPSA) is 110 Å². The van der Waals surface area contributed by atoms with E-state index < -0.39 is 6.04 Å². The number of nitrogens with one attached hydrogen (secondary N) is 1. The molecular weight excluding hydrogens is 304 g/mol. The Morgan fingerprint density at radius 2 is 1.75 bits per heavy atom. The van der Waals surface area contributed by atoms with Crippen molar-refractivity contribution in [1.29, 1.82) is 5.26 Å². The molecule has 0 radical (unpaired) electrons. The third-order valence-electron chi connectivity index (χ3n) is 3.45. The van der Waals surface area contributed by atoms with Gasteiger partial charge in [-0.1, -0.05) is 41.6 Å². The summed E-state index contributed by atoms with van der Waals surface area (Å²) in [5, 5.41) is 19.9. The number of amides is 1. The van der Waals surface area contributed by atoms with E-state index >= 15 is 0 Å². The van der Waals surface area contributed by atoms with Crippen LogP contribution in [-0.4, -0.2) is 20.9 Å². The molecule has 3 aromatic rings. The van der Waals surface area contributed by atoms with Crippen LogP contribution in [-0.2, 0) is 0 Å². The number of carbonyl (C=O) groups excluding carboxylic acids is 1. The third kappa shape index (κ3) is 2.94. The Balaban J connectivity index is 1.86. The molecule has 0 aliphatic carbocycles. The summed E-state index contributed by atoms with van der Waals surface area (Å²) in [6.45, 7) is 0. The second kappa shape index (κ2) is 6.62. The normalized spacial score (nSPS) is 11.5. The van der Waals surface area contributed by atoms with Crippen molar-refractivity contribution in [2.75, 3.05) is 5.73 Å². The molecule has 0 aliphatic heterocycles. The molecule has 7 nitrogen and oxygen atoms in total. The average Bonchev–Trinajstić information content (AvgIpc) is 3.02. The van der Waals surface area contributed by atoms with Gasteiger partial charge >= 0.3 is 0 Å². The van der Waals surface area contributed by atoms with Gasteiger partial charge in [-0.25, -0.2) is 0 Å². The monoisotopic (exact) mass is 318 g/mol. The Morgan fingerprint density at radius 3 is 2.38 bits per heavy atom. The number of hydrogen-bond donors (Lipinski definition) is 2. The molecule has 1 atom stereocenters. The van der Waals surface area contributed by atoms with Crippen LogP contribution in [0.15, 0.2) is 60.7 Å². The second-order valence-electron chi connectivity index (χ2n) is 5.01. The van der Waals surface area contributed by atoms with E-state index in [1.807, 2.05) is 42.5 Å². The molecule has 0 spiro atoms. The highest BCUT2D eigenvalue weighted by molar-refractivity contribution is 5.94. The van der Waals surface area contributed by atoms with Gasteiger partial charge in [-0.2, -0.15) is 9.94 Å². The number of rotatable bonds is 4. The number of nitriles is 1. The summed E-state index contributed by atoms with van der Waals surface area (Å²) < 4.78 is 1.42. The molecule has 0 bridgehead atoms. The summed E-state index contributed by atoms with van der Waals surface area (Å²) in [6, 6.07) is 18.8. The predicted octanol–water partition coefficient (Wildman–Crippen LogP) is 1.84. The van der Waals surface area contributed by atoms with E-state index in [0.717, 1.165) is 5.69 Å². The van der Waals surface area contributed by atoms with E-state index in [9.17, 15) is 10.1 Å². The van der Waals surface area contributed by atoms with Crippen molar-refractivity contribution in [3.63, 3.8) is 0 Å². The van der Waals surface area contributed by atoms with Gasteiger partial charge in [-0.15, -0.1) is 5.10 Å². The standard InChI is InChI=1S/C17H14N6O/c18-11-14(20-17(24)12-7-3-1-4-8-12)15-16(19)23(22-21-15)13-9-5-2-6-10-13/h1-10,14H,19H2,(H,20,24). The summed E-state index contributed by atoms with van der Waals surface area (Å²) in [5.74, 6) is -0.170. The zero-order chi connectivity index (χ0) is 16.9. The first-order valence-corrected chi connectivity index (χ1v) is 7.22. The molecule has 3 rings (SSSR count). The van der Waals surface area contributed by atoms with E-state index in [1.54, 1.807) is 24.3 Å². The van der Waals surface area contributed by atoms with E-state index in [2.05, 4.69) is 15.6 Å². The molecule has 24 heavy (non-hydrogen) atoms. The number of benzene rings is 2. The zero-order valence-corrected chi connectivity index (χ0v) is 12.6. The predicted molar refractivity (Wildman–Crippen MR) is 88.0 cm³/mol. The number of nitrogen functional groups attached to an aromatic ring is 1. The zero-order valence-electron chi connectivity index (χ0n) is 12.6. The fraction of sp³-hybridized carbons (Fsp3) is 0.0588. The Labute approximate surface area is 138 Å². The number of para-hydroxylation sites is 1. The molecule has 0 aliphatic rings. The van der Waals surface area contributed by atoms with E-state index in [-0.39, 0.29) is 17.4 Å². The molecule has 0 saturated carbocycles. The highest BCUT2D eigenvalue weighted by atomic mass is 16.1. The first kappa shape index (κ1) is 15.2. The smallest absolute Gasteiger partial charge is 0.252 e. The maximum absolute atomic E-state index is 12.2. The van der Waals surface area contributed by atoms with Crippen molar-refractivity contribution in [1.82, 2.24) is 20.3 Å². The molecule has 1 amide bonds. The summed E-state index contributed by atoms with van der Waals surface area (Å²) in [6.07, 6.45) is 0. The van der Waals surface area contributed by atoms with Gasteiger partial charge in [0, 0.05) is 5.56 Å². The lowest BCUT2D eigenvalue weighted by Gasteiger charge is -2.10. The molecule has 0 fully saturated rings. The quantitative estimate of drug-likeness (QED) is 0.763. The molecule has 1 unspecified atom stereocenters. The average molecular weight is 318 g/mol. The van der Waals surface area contributed by atoms with Crippen LogP contribution in [0.2, 0.25) is 0 Å².